The van der Waals surface area contributed by atoms with Crippen molar-refractivity contribution in [1.82, 2.24) is 15.6 Å². The number of ether oxygens (including phenoxy) is 2. The predicted molar refractivity (Wildman–Crippen MR) is 114 cm³/mol. The van der Waals surface area contributed by atoms with Crippen LogP contribution in [-0.4, -0.2) is 45.3 Å². The van der Waals surface area contributed by atoms with Crippen LogP contribution in [-0.2, 0) is 13.1 Å². The van der Waals surface area contributed by atoms with Gasteiger partial charge in [-0.15, -0.1) is 0 Å². The molecule has 2 aromatic rings. The van der Waals surface area contributed by atoms with E-state index in [9.17, 15) is 0 Å². The smallest absolute Gasteiger partial charge is 0.191 e. The molecule has 1 heterocycles. The molecule has 2 N–H and O–H groups in total. The SMILES string of the molecule is CCN(CC)c1ccc(CNC(=NC)NCc2ccc(OC)c(OC)c2)cn1. The average molecular weight is 386 g/mol. The molecule has 152 valence electrons. The minimum Gasteiger partial charge on any atom is -0.493 e. The van der Waals surface area contributed by atoms with Gasteiger partial charge in [-0.25, -0.2) is 4.98 Å². The second-order valence-corrected chi connectivity index (χ2v) is 6.17. The van der Waals surface area contributed by atoms with Crippen LogP contribution in [0.5, 0.6) is 11.5 Å². The molecule has 0 aliphatic rings. The topological polar surface area (TPSA) is 71.0 Å². The monoisotopic (exact) mass is 385 g/mol. The maximum atomic E-state index is 5.35. The predicted octanol–water partition coefficient (Wildman–Crippen LogP) is 2.81. The van der Waals surface area contributed by atoms with Crippen molar-refractivity contribution in [1.29, 1.82) is 0 Å². The molecule has 1 aromatic carbocycles. The zero-order chi connectivity index (χ0) is 20.4. The van der Waals surface area contributed by atoms with E-state index in [0.717, 1.165) is 41.7 Å². The Hall–Kier alpha value is -2.96. The normalized spacial score (nSPS) is 11.1. The van der Waals surface area contributed by atoms with Gasteiger partial charge in [-0.05, 0) is 43.2 Å². The summed E-state index contributed by atoms with van der Waals surface area (Å²) in [5.74, 6) is 3.16. The zero-order valence-corrected chi connectivity index (χ0v) is 17.5. The van der Waals surface area contributed by atoms with Crippen molar-refractivity contribution in [2.24, 2.45) is 4.99 Å². The summed E-state index contributed by atoms with van der Waals surface area (Å²) in [5.41, 5.74) is 2.18. The van der Waals surface area contributed by atoms with Gasteiger partial charge in [-0.3, -0.25) is 4.99 Å². The molecule has 0 bridgehead atoms. The minimum absolute atomic E-state index is 0.624. The third-order valence-electron chi connectivity index (χ3n) is 4.49. The largest absolute Gasteiger partial charge is 0.493 e. The number of benzene rings is 1. The Morgan fingerprint density at radius 2 is 1.61 bits per heavy atom. The van der Waals surface area contributed by atoms with Gasteiger partial charge in [0.25, 0.3) is 0 Å². The molecule has 0 fully saturated rings. The molecular weight excluding hydrogens is 354 g/mol. The number of pyridine rings is 1. The van der Waals surface area contributed by atoms with E-state index in [4.69, 9.17) is 9.47 Å². The summed E-state index contributed by atoms with van der Waals surface area (Å²) in [6, 6.07) is 10.0. The molecule has 0 aliphatic heterocycles. The average Bonchev–Trinajstić information content (AvgIpc) is 2.75. The maximum absolute atomic E-state index is 5.35. The highest BCUT2D eigenvalue weighted by molar-refractivity contribution is 5.79. The molecule has 0 unspecified atom stereocenters. The Morgan fingerprint density at radius 1 is 0.964 bits per heavy atom. The first kappa shape index (κ1) is 21.3. The number of rotatable bonds is 9. The van der Waals surface area contributed by atoms with E-state index in [1.165, 1.54) is 0 Å². The fraction of sp³-hybridized carbons (Fsp3) is 0.429. The molecule has 7 heteroatoms. The van der Waals surface area contributed by atoms with E-state index in [0.29, 0.717) is 18.8 Å². The number of anilines is 1. The first-order valence-electron chi connectivity index (χ1n) is 9.50. The first-order valence-corrected chi connectivity index (χ1v) is 9.50. The number of methoxy groups -OCH3 is 2. The number of aliphatic imine (C=N–C) groups is 1. The number of hydrogen-bond donors (Lipinski definition) is 2. The van der Waals surface area contributed by atoms with Gasteiger partial charge in [0, 0.05) is 39.4 Å². The number of nitrogens with zero attached hydrogens (tertiary/aromatic N) is 3. The highest BCUT2D eigenvalue weighted by Crippen LogP contribution is 2.27. The van der Waals surface area contributed by atoms with Gasteiger partial charge < -0.3 is 25.0 Å². The summed E-state index contributed by atoms with van der Waals surface area (Å²) < 4.78 is 10.6. The summed E-state index contributed by atoms with van der Waals surface area (Å²) in [6.45, 7) is 7.45. The second-order valence-electron chi connectivity index (χ2n) is 6.17. The van der Waals surface area contributed by atoms with E-state index in [-0.39, 0.29) is 0 Å². The van der Waals surface area contributed by atoms with Crippen LogP contribution in [0.15, 0.2) is 41.5 Å². The van der Waals surface area contributed by atoms with Crippen molar-refractivity contribution in [2.45, 2.75) is 26.9 Å². The number of hydrogen-bond acceptors (Lipinski definition) is 5. The van der Waals surface area contributed by atoms with E-state index in [1.807, 2.05) is 24.4 Å². The van der Waals surface area contributed by atoms with Crippen LogP contribution >= 0.6 is 0 Å². The number of guanidine groups is 1. The van der Waals surface area contributed by atoms with Crippen LogP contribution in [0.3, 0.4) is 0 Å². The fourth-order valence-electron chi connectivity index (χ4n) is 2.84. The van der Waals surface area contributed by atoms with Crippen molar-refractivity contribution in [2.75, 3.05) is 39.3 Å². The lowest BCUT2D eigenvalue weighted by molar-refractivity contribution is 0.354. The van der Waals surface area contributed by atoms with Crippen molar-refractivity contribution < 1.29 is 9.47 Å². The van der Waals surface area contributed by atoms with Crippen molar-refractivity contribution in [3.8, 4) is 11.5 Å². The van der Waals surface area contributed by atoms with Crippen LogP contribution in [0.25, 0.3) is 0 Å². The third kappa shape index (κ3) is 5.77. The summed E-state index contributed by atoms with van der Waals surface area (Å²) in [7, 11) is 5.02. The van der Waals surface area contributed by atoms with Gasteiger partial charge in [-0.2, -0.15) is 0 Å². The van der Waals surface area contributed by atoms with Gasteiger partial charge in [0.2, 0.25) is 0 Å². The van der Waals surface area contributed by atoms with Gasteiger partial charge in [0.15, 0.2) is 17.5 Å². The lowest BCUT2D eigenvalue weighted by atomic mass is 10.2. The maximum Gasteiger partial charge on any atom is 0.191 e. The molecule has 2 rings (SSSR count). The standard InChI is InChI=1S/C21H31N5O2/c1-6-26(7-2)20-11-9-17(14-23-20)15-25-21(22-3)24-13-16-8-10-18(27-4)19(12-16)28-5/h8-12,14H,6-7,13,15H2,1-5H3,(H2,22,24,25). The summed E-state index contributed by atoms with van der Waals surface area (Å²) in [5, 5.41) is 6.62. The second kappa shape index (κ2) is 11.0. The van der Waals surface area contributed by atoms with Gasteiger partial charge in [-0.1, -0.05) is 12.1 Å². The minimum atomic E-state index is 0.624. The Bertz CT molecular complexity index is 758. The molecule has 28 heavy (non-hydrogen) atoms. The summed E-state index contributed by atoms with van der Waals surface area (Å²) in [6.07, 6.45) is 1.91. The third-order valence-corrected chi connectivity index (χ3v) is 4.49. The highest BCUT2D eigenvalue weighted by Gasteiger charge is 2.06. The molecule has 0 amide bonds. The molecular formula is C21H31N5O2. The van der Waals surface area contributed by atoms with E-state index in [2.05, 4.69) is 51.5 Å². The zero-order valence-electron chi connectivity index (χ0n) is 17.5. The van der Waals surface area contributed by atoms with Crippen LogP contribution in [0.4, 0.5) is 5.82 Å². The Kier molecular flexibility index (Phi) is 8.39. The lowest BCUT2D eigenvalue weighted by Crippen LogP contribution is -2.36. The van der Waals surface area contributed by atoms with E-state index < -0.39 is 0 Å². The van der Waals surface area contributed by atoms with E-state index in [1.54, 1.807) is 21.3 Å². The Balaban J connectivity index is 1.89. The summed E-state index contributed by atoms with van der Waals surface area (Å²) in [4.78, 5) is 11.1. The Morgan fingerprint density at radius 3 is 2.14 bits per heavy atom. The van der Waals surface area contributed by atoms with Crippen molar-refractivity contribution in [3.05, 3.63) is 47.7 Å². The van der Waals surface area contributed by atoms with Gasteiger partial charge in [0.1, 0.15) is 5.82 Å². The fourth-order valence-corrected chi connectivity index (χ4v) is 2.84. The van der Waals surface area contributed by atoms with E-state index >= 15 is 0 Å². The number of aromatic nitrogens is 1. The van der Waals surface area contributed by atoms with Crippen molar-refractivity contribution >= 4 is 11.8 Å². The molecule has 0 atom stereocenters. The molecule has 0 aliphatic carbocycles. The Labute approximate surface area is 167 Å². The van der Waals surface area contributed by atoms with Crippen LogP contribution in [0.2, 0.25) is 0 Å². The molecule has 0 spiro atoms. The van der Waals surface area contributed by atoms with Crippen molar-refractivity contribution in [3.63, 3.8) is 0 Å². The van der Waals surface area contributed by atoms with Gasteiger partial charge in [0.05, 0.1) is 14.2 Å². The van der Waals surface area contributed by atoms with Crippen LogP contribution < -0.4 is 25.0 Å². The molecule has 0 saturated carbocycles. The quantitative estimate of drug-likeness (QED) is 0.511. The number of nitrogens with one attached hydrogen (secondary N) is 2. The van der Waals surface area contributed by atoms with Crippen LogP contribution in [0, 0.1) is 0 Å². The lowest BCUT2D eigenvalue weighted by Gasteiger charge is -2.19. The first-order chi connectivity index (χ1) is 13.6. The molecule has 0 radical (unpaired) electrons. The summed E-state index contributed by atoms with van der Waals surface area (Å²) >= 11 is 0. The molecule has 1 aromatic heterocycles. The van der Waals surface area contributed by atoms with Crippen LogP contribution in [0.1, 0.15) is 25.0 Å². The highest BCUT2D eigenvalue weighted by atomic mass is 16.5. The van der Waals surface area contributed by atoms with Gasteiger partial charge >= 0.3 is 0 Å². The molecule has 7 nitrogen and oxygen atoms in total. The molecule has 0 saturated heterocycles.